The second kappa shape index (κ2) is 5.35. The maximum Gasteiger partial charge on any atom is 0.416 e. The molecule has 0 spiro atoms. The molecule has 0 aromatic heterocycles. The first-order valence-electron chi connectivity index (χ1n) is 4.75. The van der Waals surface area contributed by atoms with Crippen LogP contribution in [0.1, 0.15) is 5.56 Å². The van der Waals surface area contributed by atoms with Gasteiger partial charge in [-0.2, -0.15) is 13.2 Å². The molecule has 3 N–H and O–H groups in total. The third kappa shape index (κ3) is 4.28. The largest absolute Gasteiger partial charge is 0.416 e. The first-order chi connectivity index (χ1) is 8.29. The van der Waals surface area contributed by atoms with Gasteiger partial charge in [-0.1, -0.05) is 0 Å². The summed E-state index contributed by atoms with van der Waals surface area (Å²) in [6, 6.07) is 3.90. The Morgan fingerprint density at radius 1 is 1.11 bits per heavy atom. The van der Waals surface area contributed by atoms with Crippen LogP contribution in [-0.2, 0) is 15.8 Å². The van der Waals surface area contributed by atoms with E-state index in [9.17, 15) is 22.8 Å². The lowest BCUT2D eigenvalue weighted by molar-refractivity contribution is -0.137. The van der Waals surface area contributed by atoms with Gasteiger partial charge < -0.3 is 11.1 Å². The van der Waals surface area contributed by atoms with Crippen LogP contribution in [0.25, 0.3) is 0 Å². The third-order valence-electron chi connectivity index (χ3n) is 1.88. The summed E-state index contributed by atoms with van der Waals surface area (Å²) in [5, 5.41) is 2.28. The van der Waals surface area contributed by atoms with Gasteiger partial charge in [0, 0.05) is 17.8 Å². The number of primary amides is 1. The molecule has 0 heterocycles. The lowest BCUT2D eigenvalue weighted by atomic mass is 10.2. The van der Waals surface area contributed by atoms with Crippen LogP contribution in [0, 0.1) is 0 Å². The van der Waals surface area contributed by atoms with Crippen molar-refractivity contribution in [3.63, 3.8) is 0 Å². The van der Waals surface area contributed by atoms with E-state index in [-0.39, 0.29) is 5.69 Å². The zero-order chi connectivity index (χ0) is 13.8. The number of nitrogens with one attached hydrogen (secondary N) is 1. The molecular formula is C11H9F3N2O2. The van der Waals surface area contributed by atoms with E-state index in [1.807, 2.05) is 0 Å². The van der Waals surface area contributed by atoms with Gasteiger partial charge in [0.25, 0.3) is 0 Å². The highest BCUT2D eigenvalue weighted by molar-refractivity contribution is 6.03. The number of carbonyl (C=O) groups is 2. The Kier molecular flexibility index (Phi) is 4.09. The van der Waals surface area contributed by atoms with Gasteiger partial charge in [-0.25, -0.2) is 0 Å². The molecule has 0 atom stereocenters. The van der Waals surface area contributed by atoms with E-state index in [1.54, 1.807) is 0 Å². The zero-order valence-corrected chi connectivity index (χ0v) is 8.99. The quantitative estimate of drug-likeness (QED) is 0.810. The molecule has 0 fully saturated rings. The Morgan fingerprint density at radius 3 is 2.11 bits per heavy atom. The molecule has 0 aliphatic heterocycles. The van der Waals surface area contributed by atoms with E-state index >= 15 is 0 Å². The fraction of sp³-hybridized carbons (Fsp3) is 0.0909. The lowest BCUT2D eigenvalue weighted by Gasteiger charge is -2.07. The number of nitrogens with two attached hydrogens (primary N) is 1. The summed E-state index contributed by atoms with van der Waals surface area (Å²) in [7, 11) is 0. The third-order valence-corrected chi connectivity index (χ3v) is 1.88. The van der Waals surface area contributed by atoms with E-state index in [1.165, 1.54) is 0 Å². The molecule has 1 aromatic carbocycles. The summed E-state index contributed by atoms with van der Waals surface area (Å²) in [6.07, 6.45) is -2.69. The molecule has 0 saturated carbocycles. The molecule has 0 radical (unpaired) electrons. The Labute approximate surface area is 100 Å². The van der Waals surface area contributed by atoms with Gasteiger partial charge in [-0.15, -0.1) is 0 Å². The second-order valence-corrected chi connectivity index (χ2v) is 3.30. The number of hydrogen-bond donors (Lipinski definition) is 2. The summed E-state index contributed by atoms with van der Waals surface area (Å²) in [4.78, 5) is 21.5. The van der Waals surface area contributed by atoms with Crippen molar-refractivity contribution < 1.29 is 22.8 Å². The molecule has 0 bridgehead atoms. The van der Waals surface area contributed by atoms with Crippen LogP contribution >= 0.6 is 0 Å². The van der Waals surface area contributed by atoms with E-state index in [0.29, 0.717) is 0 Å². The van der Waals surface area contributed by atoms with E-state index < -0.39 is 23.6 Å². The summed E-state index contributed by atoms with van der Waals surface area (Å²) in [5.74, 6) is -1.45. The molecular weight excluding hydrogens is 249 g/mol. The summed E-state index contributed by atoms with van der Waals surface area (Å²) in [6.45, 7) is 0. The van der Waals surface area contributed by atoms with Crippen molar-refractivity contribution in [3.05, 3.63) is 42.0 Å². The Balaban J connectivity index is 2.70. The second-order valence-electron chi connectivity index (χ2n) is 3.30. The van der Waals surface area contributed by atoms with Gasteiger partial charge in [-0.05, 0) is 24.3 Å². The number of amides is 2. The molecule has 2 amide bonds. The van der Waals surface area contributed by atoms with Crippen molar-refractivity contribution in [1.29, 1.82) is 0 Å². The van der Waals surface area contributed by atoms with Crippen molar-refractivity contribution in [2.45, 2.75) is 6.18 Å². The monoisotopic (exact) mass is 258 g/mol. The van der Waals surface area contributed by atoms with E-state index in [4.69, 9.17) is 5.73 Å². The maximum absolute atomic E-state index is 12.2. The molecule has 1 rings (SSSR count). The van der Waals surface area contributed by atoms with Crippen molar-refractivity contribution in [3.8, 4) is 0 Å². The van der Waals surface area contributed by atoms with Crippen LogP contribution in [0.5, 0.6) is 0 Å². The SMILES string of the molecule is NC(=O)/C=C\C(=O)Nc1ccc(C(F)(F)F)cc1. The van der Waals surface area contributed by atoms with Crippen molar-refractivity contribution in [1.82, 2.24) is 0 Å². The first kappa shape index (κ1) is 13.8. The van der Waals surface area contributed by atoms with Crippen molar-refractivity contribution >= 4 is 17.5 Å². The highest BCUT2D eigenvalue weighted by Gasteiger charge is 2.29. The fourth-order valence-electron chi connectivity index (χ4n) is 1.08. The van der Waals surface area contributed by atoms with Crippen LogP contribution < -0.4 is 11.1 Å². The normalized spacial score (nSPS) is 11.5. The molecule has 4 nitrogen and oxygen atoms in total. The fourth-order valence-corrected chi connectivity index (χ4v) is 1.08. The highest BCUT2D eigenvalue weighted by atomic mass is 19.4. The number of anilines is 1. The van der Waals surface area contributed by atoms with Crippen LogP contribution in [0.2, 0.25) is 0 Å². The smallest absolute Gasteiger partial charge is 0.366 e. The minimum absolute atomic E-state index is 0.183. The number of alkyl halides is 3. The number of halogens is 3. The van der Waals surface area contributed by atoms with Gasteiger partial charge in [0.05, 0.1) is 5.56 Å². The number of rotatable bonds is 3. The molecule has 0 saturated heterocycles. The van der Waals surface area contributed by atoms with Crippen molar-refractivity contribution in [2.24, 2.45) is 5.73 Å². The van der Waals surface area contributed by atoms with Gasteiger partial charge in [0.2, 0.25) is 11.8 Å². The van der Waals surface area contributed by atoms with Crippen LogP contribution in [0.15, 0.2) is 36.4 Å². The lowest BCUT2D eigenvalue weighted by Crippen LogP contribution is -2.12. The Morgan fingerprint density at radius 2 is 1.67 bits per heavy atom. The highest BCUT2D eigenvalue weighted by Crippen LogP contribution is 2.29. The van der Waals surface area contributed by atoms with Crippen LogP contribution in [0.4, 0.5) is 18.9 Å². The van der Waals surface area contributed by atoms with Gasteiger partial charge in [0.15, 0.2) is 0 Å². The average Bonchev–Trinajstić information content (AvgIpc) is 2.26. The predicted octanol–water partition coefficient (Wildman–Crippen LogP) is 1.69. The molecule has 18 heavy (non-hydrogen) atoms. The zero-order valence-electron chi connectivity index (χ0n) is 8.99. The molecule has 1 aromatic rings. The van der Waals surface area contributed by atoms with E-state index in [0.717, 1.165) is 36.4 Å². The molecule has 0 aliphatic rings. The Bertz CT molecular complexity index is 478. The van der Waals surface area contributed by atoms with Crippen molar-refractivity contribution in [2.75, 3.05) is 5.32 Å². The van der Waals surface area contributed by atoms with Gasteiger partial charge >= 0.3 is 6.18 Å². The molecule has 96 valence electrons. The minimum Gasteiger partial charge on any atom is -0.366 e. The number of benzene rings is 1. The maximum atomic E-state index is 12.2. The van der Waals surface area contributed by atoms with Gasteiger partial charge in [0.1, 0.15) is 0 Å². The number of hydrogen-bond acceptors (Lipinski definition) is 2. The summed E-state index contributed by atoms with van der Waals surface area (Å²) < 4.78 is 36.7. The van der Waals surface area contributed by atoms with E-state index in [2.05, 4.69) is 5.32 Å². The first-order valence-corrected chi connectivity index (χ1v) is 4.75. The number of carbonyl (C=O) groups excluding carboxylic acids is 2. The van der Waals surface area contributed by atoms with Gasteiger partial charge in [-0.3, -0.25) is 9.59 Å². The molecule has 7 heteroatoms. The average molecular weight is 258 g/mol. The Hall–Kier alpha value is -2.31. The summed E-state index contributed by atoms with van der Waals surface area (Å²) in [5.41, 5.74) is 4.14. The van der Waals surface area contributed by atoms with Crippen LogP contribution in [0.3, 0.4) is 0 Å². The minimum atomic E-state index is -4.42. The predicted molar refractivity (Wildman–Crippen MR) is 58.4 cm³/mol. The van der Waals surface area contributed by atoms with Crippen LogP contribution in [-0.4, -0.2) is 11.8 Å². The summed E-state index contributed by atoms with van der Waals surface area (Å²) >= 11 is 0. The molecule has 0 unspecified atom stereocenters. The topological polar surface area (TPSA) is 72.2 Å². The standard InChI is InChI=1S/C11H9F3N2O2/c12-11(13,14)7-1-3-8(4-2-7)16-10(18)6-5-9(15)17/h1-6H,(H2,15,17)(H,16,18)/b6-5-. The molecule has 0 aliphatic carbocycles.